The lowest BCUT2D eigenvalue weighted by molar-refractivity contribution is 0.0696. The first-order valence-corrected chi connectivity index (χ1v) is 6.47. The fourth-order valence-electron chi connectivity index (χ4n) is 1.77. The topological polar surface area (TPSA) is 66.4 Å². The number of carbonyl (C=O) groups excluding carboxylic acids is 1. The molecule has 0 unspecified atom stereocenters. The lowest BCUT2D eigenvalue weighted by Crippen LogP contribution is -2.15. The normalized spacial score (nSPS) is 10.4. The van der Waals surface area contributed by atoms with Gasteiger partial charge in [0.1, 0.15) is 11.6 Å². The Labute approximate surface area is 129 Å². The van der Waals surface area contributed by atoms with Crippen molar-refractivity contribution in [2.45, 2.75) is 6.92 Å². The van der Waals surface area contributed by atoms with E-state index in [-0.39, 0.29) is 27.4 Å². The van der Waals surface area contributed by atoms with E-state index in [2.05, 4.69) is 5.32 Å². The molecule has 0 bridgehead atoms. The number of aryl methyl sites for hydroxylation is 1. The summed E-state index contributed by atoms with van der Waals surface area (Å²) in [6.45, 7) is 1.45. The van der Waals surface area contributed by atoms with Crippen LogP contribution in [-0.4, -0.2) is 17.0 Å². The fourth-order valence-corrected chi connectivity index (χ4v) is 2.01. The van der Waals surface area contributed by atoms with Crippen molar-refractivity contribution >= 4 is 29.2 Å². The monoisotopic (exact) mass is 325 g/mol. The zero-order valence-corrected chi connectivity index (χ0v) is 12.0. The highest BCUT2D eigenvalue weighted by Crippen LogP contribution is 2.23. The number of amides is 1. The van der Waals surface area contributed by atoms with Gasteiger partial charge in [-0.1, -0.05) is 11.6 Å². The second-order valence-corrected chi connectivity index (χ2v) is 4.94. The number of carboxylic acids is 1. The van der Waals surface area contributed by atoms with Crippen LogP contribution < -0.4 is 5.32 Å². The molecular formula is C15H10ClF2NO3. The number of benzene rings is 2. The molecule has 1 amide bonds. The molecule has 0 aliphatic heterocycles. The van der Waals surface area contributed by atoms with E-state index in [1.54, 1.807) is 0 Å². The minimum Gasteiger partial charge on any atom is -0.478 e. The average molecular weight is 326 g/mol. The largest absolute Gasteiger partial charge is 0.478 e. The highest BCUT2D eigenvalue weighted by atomic mass is 35.5. The molecule has 2 aromatic carbocycles. The first kappa shape index (κ1) is 15.9. The second-order valence-electron chi connectivity index (χ2n) is 4.54. The van der Waals surface area contributed by atoms with E-state index in [4.69, 9.17) is 16.7 Å². The third-order valence-corrected chi connectivity index (χ3v) is 3.27. The van der Waals surface area contributed by atoms with Crippen LogP contribution in [0.5, 0.6) is 0 Å². The molecule has 22 heavy (non-hydrogen) atoms. The number of hydrogen-bond donors (Lipinski definition) is 2. The Morgan fingerprint density at radius 3 is 2.45 bits per heavy atom. The van der Waals surface area contributed by atoms with Gasteiger partial charge in [-0.05, 0) is 42.8 Å². The van der Waals surface area contributed by atoms with Gasteiger partial charge in [0.2, 0.25) is 0 Å². The van der Waals surface area contributed by atoms with Crippen molar-refractivity contribution in [3.05, 3.63) is 63.7 Å². The molecule has 0 spiro atoms. The van der Waals surface area contributed by atoms with Gasteiger partial charge in [-0.3, -0.25) is 4.79 Å². The van der Waals surface area contributed by atoms with Crippen LogP contribution in [0.3, 0.4) is 0 Å². The van der Waals surface area contributed by atoms with Crippen LogP contribution in [0.2, 0.25) is 5.02 Å². The Bertz CT molecular complexity index is 778. The van der Waals surface area contributed by atoms with Crippen molar-refractivity contribution in [2.75, 3.05) is 5.32 Å². The van der Waals surface area contributed by atoms with Crippen LogP contribution in [0, 0.1) is 18.6 Å². The third kappa shape index (κ3) is 3.23. The Hall–Kier alpha value is -2.47. The Balaban J connectivity index is 2.35. The number of hydrogen-bond acceptors (Lipinski definition) is 2. The Morgan fingerprint density at radius 1 is 1.14 bits per heavy atom. The van der Waals surface area contributed by atoms with Crippen LogP contribution in [0.1, 0.15) is 26.3 Å². The number of carbonyl (C=O) groups is 2. The van der Waals surface area contributed by atoms with Crippen molar-refractivity contribution in [1.82, 2.24) is 0 Å². The summed E-state index contributed by atoms with van der Waals surface area (Å²) < 4.78 is 27.0. The summed E-state index contributed by atoms with van der Waals surface area (Å²) >= 11 is 5.80. The molecule has 0 radical (unpaired) electrons. The summed E-state index contributed by atoms with van der Waals surface area (Å²) in [7, 11) is 0. The molecule has 4 nitrogen and oxygen atoms in total. The van der Waals surface area contributed by atoms with Gasteiger partial charge in [-0.2, -0.15) is 0 Å². The first-order chi connectivity index (χ1) is 10.3. The number of carboxylic acid groups (broad SMARTS) is 1. The molecule has 0 aromatic heterocycles. The maximum atomic E-state index is 13.7. The molecular weight excluding hydrogens is 316 g/mol. The average Bonchev–Trinajstić information content (AvgIpc) is 2.44. The smallest absolute Gasteiger partial charge is 0.335 e. The summed E-state index contributed by atoms with van der Waals surface area (Å²) in [5.41, 5.74) is -0.323. The third-order valence-electron chi connectivity index (χ3n) is 2.95. The summed E-state index contributed by atoms with van der Waals surface area (Å²) in [6, 6.07) is 5.20. The van der Waals surface area contributed by atoms with Crippen molar-refractivity contribution in [3.8, 4) is 0 Å². The van der Waals surface area contributed by atoms with Crippen molar-refractivity contribution in [2.24, 2.45) is 0 Å². The van der Waals surface area contributed by atoms with E-state index in [0.29, 0.717) is 0 Å². The van der Waals surface area contributed by atoms with Gasteiger partial charge in [0.15, 0.2) is 0 Å². The van der Waals surface area contributed by atoms with Gasteiger partial charge in [-0.15, -0.1) is 0 Å². The maximum absolute atomic E-state index is 13.7. The van der Waals surface area contributed by atoms with Gasteiger partial charge in [0, 0.05) is 0 Å². The van der Waals surface area contributed by atoms with Crippen LogP contribution in [0.15, 0.2) is 30.3 Å². The van der Waals surface area contributed by atoms with Gasteiger partial charge in [0.25, 0.3) is 5.91 Å². The van der Waals surface area contributed by atoms with E-state index in [1.807, 2.05) is 0 Å². The van der Waals surface area contributed by atoms with E-state index >= 15 is 0 Å². The lowest BCUT2D eigenvalue weighted by atomic mass is 10.1. The van der Waals surface area contributed by atoms with Crippen LogP contribution in [0.25, 0.3) is 0 Å². The van der Waals surface area contributed by atoms with Gasteiger partial charge >= 0.3 is 5.97 Å². The predicted molar refractivity (Wildman–Crippen MR) is 77.5 cm³/mol. The molecule has 0 atom stereocenters. The molecule has 2 N–H and O–H groups in total. The number of aromatic carboxylic acids is 1. The molecule has 2 rings (SSSR count). The first-order valence-electron chi connectivity index (χ1n) is 6.09. The molecule has 114 valence electrons. The molecule has 0 heterocycles. The van der Waals surface area contributed by atoms with E-state index in [1.165, 1.54) is 13.0 Å². The number of halogens is 3. The van der Waals surface area contributed by atoms with Crippen molar-refractivity contribution in [1.29, 1.82) is 0 Å². The highest BCUT2D eigenvalue weighted by molar-refractivity contribution is 6.34. The predicted octanol–water partition coefficient (Wildman–Crippen LogP) is 3.88. The van der Waals surface area contributed by atoms with Crippen LogP contribution in [-0.2, 0) is 0 Å². The van der Waals surface area contributed by atoms with Crippen molar-refractivity contribution < 1.29 is 23.5 Å². The quantitative estimate of drug-likeness (QED) is 0.900. The van der Waals surface area contributed by atoms with E-state index < -0.39 is 23.5 Å². The molecule has 0 fully saturated rings. The zero-order valence-electron chi connectivity index (χ0n) is 11.3. The van der Waals surface area contributed by atoms with Crippen LogP contribution >= 0.6 is 11.6 Å². The molecule has 7 heteroatoms. The minimum absolute atomic E-state index is 0.0410. The highest BCUT2D eigenvalue weighted by Gasteiger charge is 2.16. The molecule has 0 aliphatic carbocycles. The molecule has 0 saturated heterocycles. The molecule has 0 saturated carbocycles. The SMILES string of the molecule is Cc1cc(C(=O)Nc2cc(C(=O)O)ccc2F)c(Cl)cc1F. The number of nitrogens with one attached hydrogen (secondary N) is 1. The number of rotatable bonds is 3. The fraction of sp³-hybridized carbons (Fsp3) is 0.0667. The Morgan fingerprint density at radius 2 is 1.82 bits per heavy atom. The van der Waals surface area contributed by atoms with Gasteiger partial charge < -0.3 is 10.4 Å². The van der Waals surface area contributed by atoms with E-state index in [0.717, 1.165) is 24.3 Å². The van der Waals surface area contributed by atoms with Crippen LogP contribution in [0.4, 0.5) is 14.5 Å². The van der Waals surface area contributed by atoms with Gasteiger partial charge in [-0.25, -0.2) is 13.6 Å². The van der Waals surface area contributed by atoms with Crippen molar-refractivity contribution in [3.63, 3.8) is 0 Å². The van der Waals surface area contributed by atoms with E-state index in [9.17, 15) is 18.4 Å². The summed E-state index contributed by atoms with van der Waals surface area (Å²) in [5, 5.41) is 11.0. The molecule has 2 aromatic rings. The minimum atomic E-state index is -1.26. The summed E-state index contributed by atoms with van der Waals surface area (Å²) in [5.74, 6) is -3.39. The Kier molecular flexibility index (Phi) is 4.42. The van der Waals surface area contributed by atoms with Gasteiger partial charge in [0.05, 0.1) is 21.8 Å². The standard InChI is InChI=1S/C15H10ClF2NO3/c1-7-4-9(10(16)6-12(7)18)14(20)19-13-5-8(15(21)22)2-3-11(13)17/h2-6H,1H3,(H,19,20)(H,21,22). The summed E-state index contributed by atoms with van der Waals surface area (Å²) in [6.07, 6.45) is 0. The second kappa shape index (κ2) is 6.11. The maximum Gasteiger partial charge on any atom is 0.335 e. The molecule has 0 aliphatic rings. The zero-order chi connectivity index (χ0) is 16.4. The summed E-state index contributed by atoms with van der Waals surface area (Å²) in [4.78, 5) is 23.0. The number of anilines is 1. The lowest BCUT2D eigenvalue weighted by Gasteiger charge is -2.09.